The van der Waals surface area contributed by atoms with Gasteiger partial charge in [-0.3, -0.25) is 0 Å². The molecule has 0 aliphatic heterocycles. The second-order valence-electron chi connectivity index (χ2n) is 4.66. The largest absolute Gasteiger partial charge is 0.508 e. The van der Waals surface area contributed by atoms with E-state index in [0.29, 0.717) is 17.0 Å². The quantitative estimate of drug-likeness (QED) is 0.509. The Balaban J connectivity index is 2.02. The number of rotatable bonds is 3. The molecule has 23 heavy (non-hydrogen) atoms. The van der Waals surface area contributed by atoms with Crippen LogP contribution in [0.3, 0.4) is 0 Å². The molecule has 0 atom stereocenters. The lowest BCUT2D eigenvalue weighted by atomic mass is 10.2. The van der Waals surface area contributed by atoms with Gasteiger partial charge in [0.05, 0.1) is 6.21 Å². The predicted octanol–water partition coefficient (Wildman–Crippen LogP) is 3.04. The summed E-state index contributed by atoms with van der Waals surface area (Å²) < 4.78 is 14.9. The van der Waals surface area contributed by atoms with Crippen molar-refractivity contribution in [1.82, 2.24) is 14.9 Å². The Morgan fingerprint density at radius 2 is 2.04 bits per heavy atom. The Labute approximate surface area is 135 Å². The Hall–Kier alpha value is -3.00. The van der Waals surface area contributed by atoms with E-state index >= 15 is 0 Å². The maximum absolute atomic E-state index is 13.4. The van der Waals surface area contributed by atoms with Crippen molar-refractivity contribution in [2.45, 2.75) is 0 Å². The van der Waals surface area contributed by atoms with Gasteiger partial charge in [0, 0.05) is 17.2 Å². The maximum Gasteiger partial charge on any atom is 0.216 e. The van der Waals surface area contributed by atoms with Crippen LogP contribution in [0.5, 0.6) is 11.5 Å². The fraction of sp³-hybridized carbons (Fsp3) is 0. The molecule has 0 aliphatic rings. The maximum atomic E-state index is 13.4. The highest BCUT2D eigenvalue weighted by Crippen LogP contribution is 2.22. The predicted molar refractivity (Wildman–Crippen MR) is 85.6 cm³/mol. The van der Waals surface area contributed by atoms with Crippen LogP contribution in [0.1, 0.15) is 5.56 Å². The summed E-state index contributed by atoms with van der Waals surface area (Å²) in [4.78, 5) is 0. The smallest absolute Gasteiger partial charge is 0.216 e. The molecule has 2 aromatic carbocycles. The van der Waals surface area contributed by atoms with Gasteiger partial charge in [-0.05, 0) is 36.5 Å². The third-order valence-electron chi connectivity index (χ3n) is 3.06. The standard InChI is InChI=1S/C15H11FN4O2S/c16-11-3-1-2-9(6-11)14-18-19-15(23)20(14)17-8-10-4-5-12(21)7-13(10)22/h1-8,21-22H,(H,19,23)/b17-8+. The molecule has 0 unspecified atom stereocenters. The molecule has 0 amide bonds. The summed E-state index contributed by atoms with van der Waals surface area (Å²) in [6.45, 7) is 0. The van der Waals surface area contributed by atoms with Gasteiger partial charge in [-0.2, -0.15) is 14.9 Å². The highest BCUT2D eigenvalue weighted by atomic mass is 32.1. The number of benzene rings is 2. The van der Waals surface area contributed by atoms with Gasteiger partial charge in [0.15, 0.2) is 5.82 Å². The number of hydrogen-bond acceptors (Lipinski definition) is 5. The summed E-state index contributed by atoms with van der Waals surface area (Å²) in [6.07, 6.45) is 1.36. The van der Waals surface area contributed by atoms with Crippen LogP contribution in [0.15, 0.2) is 47.6 Å². The number of aromatic hydroxyl groups is 2. The van der Waals surface area contributed by atoms with Gasteiger partial charge in [-0.25, -0.2) is 9.49 Å². The molecule has 0 bridgehead atoms. The molecule has 116 valence electrons. The third-order valence-corrected chi connectivity index (χ3v) is 3.32. The van der Waals surface area contributed by atoms with E-state index in [1.165, 1.54) is 41.2 Å². The molecule has 3 aromatic rings. The monoisotopic (exact) mass is 330 g/mol. The molecule has 3 N–H and O–H groups in total. The number of aromatic nitrogens is 3. The van der Waals surface area contributed by atoms with E-state index < -0.39 is 5.82 Å². The molecule has 6 nitrogen and oxygen atoms in total. The molecule has 3 rings (SSSR count). The molecular formula is C15H11FN4O2S. The van der Waals surface area contributed by atoms with Crippen molar-refractivity contribution in [2.24, 2.45) is 5.10 Å². The Bertz CT molecular complexity index is 949. The van der Waals surface area contributed by atoms with Gasteiger partial charge in [0.25, 0.3) is 0 Å². The number of hydrogen-bond donors (Lipinski definition) is 3. The summed E-state index contributed by atoms with van der Waals surface area (Å²) in [6, 6.07) is 9.99. The molecule has 1 heterocycles. The SMILES string of the molecule is Oc1ccc(/C=N/n2c(-c3cccc(F)c3)n[nH]c2=S)c(O)c1. The second kappa shape index (κ2) is 6.01. The van der Waals surface area contributed by atoms with Crippen LogP contribution >= 0.6 is 12.2 Å². The number of aromatic amines is 1. The van der Waals surface area contributed by atoms with Gasteiger partial charge in [-0.1, -0.05) is 12.1 Å². The van der Waals surface area contributed by atoms with Crippen LogP contribution in [-0.2, 0) is 0 Å². The molecule has 0 saturated carbocycles. The van der Waals surface area contributed by atoms with E-state index in [1.54, 1.807) is 12.1 Å². The van der Waals surface area contributed by atoms with E-state index in [9.17, 15) is 14.6 Å². The summed E-state index contributed by atoms with van der Waals surface area (Å²) >= 11 is 5.11. The highest BCUT2D eigenvalue weighted by Gasteiger charge is 2.09. The normalized spacial score (nSPS) is 11.2. The molecule has 0 spiro atoms. The number of H-pyrrole nitrogens is 1. The minimum Gasteiger partial charge on any atom is -0.508 e. The number of nitrogens with zero attached hydrogens (tertiary/aromatic N) is 3. The van der Waals surface area contributed by atoms with Crippen LogP contribution in [0.25, 0.3) is 11.4 Å². The topological polar surface area (TPSA) is 86.4 Å². The van der Waals surface area contributed by atoms with Gasteiger partial charge < -0.3 is 10.2 Å². The lowest BCUT2D eigenvalue weighted by Crippen LogP contribution is -1.95. The van der Waals surface area contributed by atoms with Crippen molar-refractivity contribution in [3.8, 4) is 22.9 Å². The molecular weight excluding hydrogens is 319 g/mol. The Morgan fingerprint density at radius 3 is 2.78 bits per heavy atom. The fourth-order valence-corrected chi connectivity index (χ4v) is 2.15. The van der Waals surface area contributed by atoms with E-state index in [0.717, 1.165) is 0 Å². The van der Waals surface area contributed by atoms with E-state index in [-0.39, 0.29) is 16.3 Å². The van der Waals surface area contributed by atoms with Crippen molar-refractivity contribution < 1.29 is 14.6 Å². The van der Waals surface area contributed by atoms with E-state index in [1.807, 2.05) is 0 Å². The zero-order chi connectivity index (χ0) is 16.4. The number of phenolic OH excluding ortho intramolecular Hbond substituents is 2. The zero-order valence-electron chi connectivity index (χ0n) is 11.6. The first-order chi connectivity index (χ1) is 11.0. The highest BCUT2D eigenvalue weighted by molar-refractivity contribution is 7.71. The van der Waals surface area contributed by atoms with Crippen LogP contribution in [0.2, 0.25) is 0 Å². The van der Waals surface area contributed by atoms with Crippen molar-refractivity contribution in [3.63, 3.8) is 0 Å². The molecule has 0 fully saturated rings. The number of phenols is 2. The molecule has 0 saturated heterocycles. The van der Waals surface area contributed by atoms with Gasteiger partial charge in [-0.15, -0.1) is 0 Å². The summed E-state index contributed by atoms with van der Waals surface area (Å²) in [5.74, 6) is -0.247. The Kier molecular flexibility index (Phi) is 3.90. The number of halogens is 1. The lowest BCUT2D eigenvalue weighted by molar-refractivity contribution is 0.450. The van der Waals surface area contributed by atoms with Gasteiger partial charge in [0.2, 0.25) is 4.77 Å². The van der Waals surface area contributed by atoms with E-state index in [2.05, 4.69) is 15.3 Å². The molecule has 0 radical (unpaired) electrons. The van der Waals surface area contributed by atoms with Gasteiger partial charge >= 0.3 is 0 Å². The number of nitrogens with one attached hydrogen (secondary N) is 1. The van der Waals surface area contributed by atoms with Crippen molar-refractivity contribution >= 4 is 18.4 Å². The molecule has 8 heteroatoms. The average molecular weight is 330 g/mol. The zero-order valence-corrected chi connectivity index (χ0v) is 12.5. The van der Waals surface area contributed by atoms with Crippen LogP contribution < -0.4 is 0 Å². The summed E-state index contributed by atoms with van der Waals surface area (Å²) in [5, 5.41) is 29.8. The summed E-state index contributed by atoms with van der Waals surface area (Å²) in [7, 11) is 0. The third kappa shape index (κ3) is 3.11. The lowest BCUT2D eigenvalue weighted by Gasteiger charge is -2.02. The van der Waals surface area contributed by atoms with Crippen LogP contribution in [0, 0.1) is 10.6 Å². The minimum absolute atomic E-state index is 0.0555. The molecule has 0 aliphatic carbocycles. The minimum atomic E-state index is -0.400. The molecule has 1 aromatic heterocycles. The van der Waals surface area contributed by atoms with Crippen molar-refractivity contribution in [1.29, 1.82) is 0 Å². The van der Waals surface area contributed by atoms with Crippen LogP contribution in [0.4, 0.5) is 4.39 Å². The first-order valence-electron chi connectivity index (χ1n) is 6.54. The Morgan fingerprint density at radius 1 is 1.22 bits per heavy atom. The van der Waals surface area contributed by atoms with Crippen molar-refractivity contribution in [2.75, 3.05) is 0 Å². The van der Waals surface area contributed by atoms with E-state index in [4.69, 9.17) is 12.2 Å². The van der Waals surface area contributed by atoms with Crippen molar-refractivity contribution in [3.05, 3.63) is 58.6 Å². The second-order valence-corrected chi connectivity index (χ2v) is 5.05. The average Bonchev–Trinajstić information content (AvgIpc) is 2.87. The summed E-state index contributed by atoms with van der Waals surface area (Å²) in [5.41, 5.74) is 0.889. The first-order valence-corrected chi connectivity index (χ1v) is 6.95. The van der Waals surface area contributed by atoms with Gasteiger partial charge in [0.1, 0.15) is 17.3 Å². The van der Waals surface area contributed by atoms with Crippen LogP contribution in [-0.4, -0.2) is 31.3 Å². The fourth-order valence-electron chi connectivity index (χ4n) is 1.97. The first kappa shape index (κ1) is 14.9.